The Bertz CT molecular complexity index is 417. The van der Waals surface area contributed by atoms with E-state index in [1.807, 2.05) is 19.0 Å². The number of aromatic nitrogens is 2. The number of likely N-dealkylation sites (N-methyl/N-ethyl adjacent to an activating group) is 1. The van der Waals surface area contributed by atoms with Crippen LogP contribution in [0.5, 0.6) is 0 Å². The highest BCUT2D eigenvalue weighted by Crippen LogP contribution is 2.08. The third-order valence-corrected chi connectivity index (χ3v) is 2.73. The molecule has 0 saturated heterocycles. The van der Waals surface area contributed by atoms with E-state index in [9.17, 15) is 9.59 Å². The Kier molecular flexibility index (Phi) is 5.50. The van der Waals surface area contributed by atoms with Crippen LogP contribution in [0.2, 0.25) is 0 Å². The highest BCUT2D eigenvalue weighted by atomic mass is 16.4. The molecule has 0 saturated carbocycles. The van der Waals surface area contributed by atoms with Gasteiger partial charge >= 0.3 is 5.97 Å². The van der Waals surface area contributed by atoms with E-state index in [4.69, 9.17) is 5.11 Å². The summed E-state index contributed by atoms with van der Waals surface area (Å²) in [6, 6.07) is 1.22. The average molecular weight is 268 g/mol. The molecule has 0 spiro atoms. The molecule has 1 N–H and O–H groups in total. The van der Waals surface area contributed by atoms with E-state index < -0.39 is 12.0 Å². The summed E-state index contributed by atoms with van der Waals surface area (Å²) >= 11 is 0. The van der Waals surface area contributed by atoms with Gasteiger partial charge in [-0.3, -0.25) is 14.3 Å². The summed E-state index contributed by atoms with van der Waals surface area (Å²) < 4.78 is 1.52. The van der Waals surface area contributed by atoms with Crippen molar-refractivity contribution in [2.24, 2.45) is 0 Å². The molecular weight excluding hydrogens is 248 g/mol. The smallest absolute Gasteiger partial charge is 0.323 e. The number of aliphatic carboxylic acids is 1. The Morgan fingerprint density at radius 3 is 2.53 bits per heavy atom. The van der Waals surface area contributed by atoms with Gasteiger partial charge in [0.25, 0.3) is 0 Å². The largest absolute Gasteiger partial charge is 0.480 e. The van der Waals surface area contributed by atoms with Crippen LogP contribution in [0.25, 0.3) is 0 Å². The van der Waals surface area contributed by atoms with Gasteiger partial charge in [0.15, 0.2) is 0 Å². The number of hydrogen-bond acceptors (Lipinski definition) is 4. The van der Waals surface area contributed by atoms with Crippen LogP contribution in [0.4, 0.5) is 0 Å². The molecular formula is C12H20N4O3. The number of carboxylic acids is 1. The van der Waals surface area contributed by atoms with Crippen molar-refractivity contribution in [3.05, 3.63) is 18.5 Å². The maximum absolute atomic E-state index is 12.3. The summed E-state index contributed by atoms with van der Waals surface area (Å²) in [4.78, 5) is 26.4. The van der Waals surface area contributed by atoms with Gasteiger partial charge in [-0.25, -0.2) is 0 Å². The summed E-state index contributed by atoms with van der Waals surface area (Å²) in [6.07, 6.45) is 3.28. The van der Waals surface area contributed by atoms with Gasteiger partial charge in [-0.05, 0) is 27.1 Å². The van der Waals surface area contributed by atoms with E-state index in [1.165, 1.54) is 9.58 Å². The fourth-order valence-electron chi connectivity index (χ4n) is 1.64. The highest BCUT2D eigenvalue weighted by Gasteiger charge is 2.23. The predicted octanol–water partition coefficient (Wildman–Crippen LogP) is -0.0811. The maximum atomic E-state index is 12.3. The molecule has 1 amide bonds. The Labute approximate surface area is 112 Å². The van der Waals surface area contributed by atoms with Crippen LogP contribution in [-0.4, -0.2) is 70.3 Å². The molecule has 1 unspecified atom stereocenters. The number of hydrogen-bond donors (Lipinski definition) is 1. The fraction of sp³-hybridized carbons (Fsp3) is 0.583. The number of carboxylic acid groups (broad SMARTS) is 1. The minimum Gasteiger partial charge on any atom is -0.480 e. The summed E-state index contributed by atoms with van der Waals surface area (Å²) in [6.45, 7) is 2.41. The summed E-state index contributed by atoms with van der Waals surface area (Å²) in [5.41, 5.74) is 0. The lowest BCUT2D eigenvalue weighted by atomic mass is 10.2. The van der Waals surface area contributed by atoms with Crippen LogP contribution < -0.4 is 0 Å². The molecule has 0 aliphatic carbocycles. The molecule has 106 valence electrons. The Hall–Kier alpha value is -1.89. The number of carbonyl (C=O) groups excluding carboxylic acids is 1. The minimum absolute atomic E-state index is 0.243. The second-order valence-corrected chi connectivity index (χ2v) is 4.62. The van der Waals surface area contributed by atoms with Crippen LogP contribution in [-0.2, 0) is 9.59 Å². The average Bonchev–Trinajstić information content (AvgIpc) is 2.85. The van der Waals surface area contributed by atoms with Crippen LogP contribution in [0.3, 0.4) is 0 Å². The second-order valence-electron chi connectivity index (χ2n) is 4.62. The minimum atomic E-state index is -1.01. The first-order valence-corrected chi connectivity index (χ1v) is 6.06. The molecule has 1 atom stereocenters. The van der Waals surface area contributed by atoms with Crippen molar-refractivity contribution in [2.45, 2.75) is 13.0 Å². The lowest BCUT2D eigenvalue weighted by Crippen LogP contribution is -2.43. The third-order valence-electron chi connectivity index (χ3n) is 2.73. The maximum Gasteiger partial charge on any atom is 0.323 e. The summed E-state index contributed by atoms with van der Waals surface area (Å²) in [7, 11) is 3.75. The molecule has 0 fully saturated rings. The normalized spacial score (nSPS) is 12.4. The van der Waals surface area contributed by atoms with Gasteiger partial charge in [-0.15, -0.1) is 0 Å². The third kappa shape index (κ3) is 4.70. The van der Waals surface area contributed by atoms with E-state index in [0.29, 0.717) is 13.1 Å². The zero-order chi connectivity index (χ0) is 14.4. The van der Waals surface area contributed by atoms with Gasteiger partial charge in [0, 0.05) is 25.5 Å². The first-order chi connectivity index (χ1) is 8.91. The van der Waals surface area contributed by atoms with E-state index in [2.05, 4.69) is 5.10 Å². The van der Waals surface area contributed by atoms with Crippen molar-refractivity contribution < 1.29 is 14.7 Å². The number of amides is 1. The van der Waals surface area contributed by atoms with Crippen molar-refractivity contribution in [1.29, 1.82) is 0 Å². The van der Waals surface area contributed by atoms with Gasteiger partial charge in [-0.2, -0.15) is 5.10 Å². The predicted molar refractivity (Wildman–Crippen MR) is 69.7 cm³/mol. The molecule has 1 aromatic rings. The molecule has 1 rings (SSSR count). The summed E-state index contributed by atoms with van der Waals surface area (Å²) in [5.74, 6) is -1.26. The molecule has 0 radical (unpaired) electrons. The molecule has 0 aromatic carbocycles. The van der Waals surface area contributed by atoms with Crippen molar-refractivity contribution in [1.82, 2.24) is 19.6 Å². The first-order valence-electron chi connectivity index (χ1n) is 6.06. The lowest BCUT2D eigenvalue weighted by Gasteiger charge is -2.25. The van der Waals surface area contributed by atoms with Gasteiger partial charge < -0.3 is 14.9 Å². The van der Waals surface area contributed by atoms with Crippen LogP contribution in [0, 0.1) is 0 Å². The Morgan fingerprint density at radius 1 is 1.37 bits per heavy atom. The number of carbonyl (C=O) groups is 2. The standard InChI is InChI=1S/C12H20N4O3/c1-10(16-6-4-5-13-16)12(19)15(9-11(17)18)8-7-14(2)3/h4-6,10H,7-9H2,1-3H3,(H,17,18). The molecule has 19 heavy (non-hydrogen) atoms. The Morgan fingerprint density at radius 2 is 2.05 bits per heavy atom. The molecule has 0 aliphatic heterocycles. The molecule has 1 heterocycles. The zero-order valence-corrected chi connectivity index (χ0v) is 11.5. The first kappa shape index (κ1) is 15.2. The number of nitrogens with zero attached hydrogens (tertiary/aromatic N) is 4. The second kappa shape index (κ2) is 6.89. The highest BCUT2D eigenvalue weighted by molar-refractivity contribution is 5.83. The molecule has 0 aliphatic rings. The summed E-state index contributed by atoms with van der Waals surface area (Å²) in [5, 5.41) is 12.9. The van der Waals surface area contributed by atoms with Gasteiger partial charge in [0.2, 0.25) is 5.91 Å². The van der Waals surface area contributed by atoms with E-state index in [0.717, 1.165) is 0 Å². The topological polar surface area (TPSA) is 78.7 Å². The molecule has 7 heteroatoms. The van der Waals surface area contributed by atoms with Crippen molar-refractivity contribution in [3.63, 3.8) is 0 Å². The quantitative estimate of drug-likeness (QED) is 0.748. The van der Waals surface area contributed by atoms with Crippen LogP contribution in [0.1, 0.15) is 13.0 Å². The molecule has 1 aromatic heterocycles. The van der Waals surface area contributed by atoms with Crippen LogP contribution >= 0.6 is 0 Å². The van der Waals surface area contributed by atoms with E-state index in [1.54, 1.807) is 25.4 Å². The fourth-order valence-corrected chi connectivity index (χ4v) is 1.64. The van der Waals surface area contributed by atoms with Gasteiger partial charge in [0.05, 0.1) is 0 Å². The molecule has 0 bridgehead atoms. The number of rotatable bonds is 7. The van der Waals surface area contributed by atoms with Crippen molar-refractivity contribution in [3.8, 4) is 0 Å². The van der Waals surface area contributed by atoms with E-state index in [-0.39, 0.29) is 12.5 Å². The van der Waals surface area contributed by atoms with Crippen molar-refractivity contribution >= 4 is 11.9 Å². The zero-order valence-electron chi connectivity index (χ0n) is 11.5. The molecule has 7 nitrogen and oxygen atoms in total. The van der Waals surface area contributed by atoms with Gasteiger partial charge in [-0.1, -0.05) is 0 Å². The van der Waals surface area contributed by atoms with Crippen LogP contribution in [0.15, 0.2) is 18.5 Å². The van der Waals surface area contributed by atoms with Crippen molar-refractivity contribution in [2.75, 3.05) is 33.7 Å². The SMILES string of the molecule is CC(C(=O)N(CCN(C)C)CC(=O)O)n1cccn1. The Balaban J connectivity index is 2.72. The lowest BCUT2D eigenvalue weighted by molar-refractivity contribution is -0.146. The van der Waals surface area contributed by atoms with Gasteiger partial charge in [0.1, 0.15) is 12.6 Å². The monoisotopic (exact) mass is 268 g/mol. The van der Waals surface area contributed by atoms with E-state index >= 15 is 0 Å².